The Morgan fingerprint density at radius 2 is 2.19 bits per heavy atom. The van der Waals surface area contributed by atoms with E-state index in [0.717, 1.165) is 6.07 Å². The van der Waals surface area contributed by atoms with E-state index in [2.05, 4.69) is 0 Å². The minimum Gasteiger partial charge on any atom is -0.491 e. The Bertz CT molecular complexity index is 382. The number of carbonyl (C=O) groups excluding carboxylic acids is 1. The molecule has 0 aliphatic heterocycles. The second kappa shape index (κ2) is 5.39. The van der Waals surface area contributed by atoms with Gasteiger partial charge in [0.2, 0.25) is 0 Å². The van der Waals surface area contributed by atoms with Crippen LogP contribution in [0, 0.1) is 5.82 Å². The number of hydrogen-bond donors (Lipinski definition) is 1. The number of amides is 1. The zero-order valence-electron chi connectivity index (χ0n) is 8.47. The van der Waals surface area contributed by atoms with Gasteiger partial charge in [0.05, 0.1) is 6.61 Å². The summed E-state index contributed by atoms with van der Waals surface area (Å²) in [5.41, 5.74) is -0.0359. The first kappa shape index (κ1) is 12.4. The third-order valence-electron chi connectivity index (χ3n) is 1.70. The molecule has 3 nitrogen and oxygen atoms in total. The standard InChI is InChI=1S/C10H10F3NO2/c1-2-16-8-4-3-6(5-7(8)11)14-10(15)9(12)13/h3-5,9H,2H2,1H3,(H,14,15). The third-order valence-corrected chi connectivity index (χ3v) is 1.70. The molecule has 1 N–H and O–H groups in total. The number of anilines is 1. The molecule has 16 heavy (non-hydrogen) atoms. The SMILES string of the molecule is CCOc1ccc(NC(=O)C(F)F)cc1F. The predicted molar refractivity (Wildman–Crippen MR) is 52.2 cm³/mol. The highest BCUT2D eigenvalue weighted by molar-refractivity contribution is 5.93. The van der Waals surface area contributed by atoms with Crippen molar-refractivity contribution in [3.63, 3.8) is 0 Å². The van der Waals surface area contributed by atoms with Crippen molar-refractivity contribution in [1.29, 1.82) is 0 Å². The summed E-state index contributed by atoms with van der Waals surface area (Å²) in [5.74, 6) is -2.17. The summed E-state index contributed by atoms with van der Waals surface area (Å²) in [5, 5.41) is 1.87. The third kappa shape index (κ3) is 3.15. The fourth-order valence-corrected chi connectivity index (χ4v) is 1.05. The second-order valence-corrected chi connectivity index (χ2v) is 2.87. The van der Waals surface area contributed by atoms with Crippen molar-refractivity contribution in [2.45, 2.75) is 13.3 Å². The monoisotopic (exact) mass is 233 g/mol. The molecule has 0 saturated heterocycles. The van der Waals surface area contributed by atoms with E-state index in [1.54, 1.807) is 6.92 Å². The Morgan fingerprint density at radius 1 is 1.50 bits per heavy atom. The summed E-state index contributed by atoms with van der Waals surface area (Å²) >= 11 is 0. The molecule has 0 fully saturated rings. The average Bonchev–Trinajstić information content (AvgIpc) is 2.22. The zero-order chi connectivity index (χ0) is 12.1. The van der Waals surface area contributed by atoms with Gasteiger partial charge in [-0.1, -0.05) is 0 Å². The van der Waals surface area contributed by atoms with Gasteiger partial charge in [0, 0.05) is 11.8 Å². The van der Waals surface area contributed by atoms with Crippen LogP contribution in [0.5, 0.6) is 5.75 Å². The van der Waals surface area contributed by atoms with Crippen LogP contribution in [-0.2, 0) is 4.79 Å². The van der Waals surface area contributed by atoms with Crippen LogP contribution < -0.4 is 10.1 Å². The number of hydrogen-bond acceptors (Lipinski definition) is 2. The van der Waals surface area contributed by atoms with Crippen LogP contribution >= 0.6 is 0 Å². The first-order valence-corrected chi connectivity index (χ1v) is 4.56. The highest BCUT2D eigenvalue weighted by atomic mass is 19.3. The van der Waals surface area contributed by atoms with E-state index in [1.807, 2.05) is 5.32 Å². The average molecular weight is 233 g/mol. The van der Waals surface area contributed by atoms with E-state index in [0.29, 0.717) is 6.61 Å². The van der Waals surface area contributed by atoms with E-state index in [1.165, 1.54) is 12.1 Å². The second-order valence-electron chi connectivity index (χ2n) is 2.87. The largest absolute Gasteiger partial charge is 0.491 e. The number of alkyl halides is 2. The van der Waals surface area contributed by atoms with Gasteiger partial charge < -0.3 is 10.1 Å². The molecule has 0 aromatic heterocycles. The molecule has 1 rings (SSSR count). The molecule has 0 radical (unpaired) electrons. The molecule has 88 valence electrons. The van der Waals surface area contributed by atoms with Crippen molar-refractivity contribution in [3.8, 4) is 5.75 Å². The molecule has 1 aromatic rings. The summed E-state index contributed by atoms with van der Waals surface area (Å²) in [6.45, 7) is 1.98. The quantitative estimate of drug-likeness (QED) is 0.867. The molecular weight excluding hydrogens is 223 g/mol. The lowest BCUT2D eigenvalue weighted by Gasteiger charge is -2.07. The summed E-state index contributed by atoms with van der Waals surface area (Å²) in [4.78, 5) is 10.6. The molecular formula is C10H10F3NO2. The lowest BCUT2D eigenvalue weighted by Crippen LogP contribution is -2.20. The highest BCUT2D eigenvalue weighted by Crippen LogP contribution is 2.21. The lowest BCUT2D eigenvalue weighted by atomic mass is 10.3. The van der Waals surface area contributed by atoms with Crippen molar-refractivity contribution in [3.05, 3.63) is 24.0 Å². The van der Waals surface area contributed by atoms with Crippen molar-refractivity contribution in [2.75, 3.05) is 11.9 Å². The molecule has 1 aromatic carbocycles. The number of benzene rings is 1. The van der Waals surface area contributed by atoms with Crippen molar-refractivity contribution >= 4 is 11.6 Å². The van der Waals surface area contributed by atoms with Gasteiger partial charge in [-0.3, -0.25) is 4.79 Å². The molecule has 6 heteroatoms. The molecule has 0 spiro atoms. The van der Waals surface area contributed by atoms with Crippen LogP contribution in [-0.4, -0.2) is 18.9 Å². The van der Waals surface area contributed by atoms with Gasteiger partial charge in [0.25, 0.3) is 5.91 Å². The maximum atomic E-state index is 13.2. The Hall–Kier alpha value is -1.72. The minimum absolute atomic E-state index is 0.0116. The lowest BCUT2D eigenvalue weighted by molar-refractivity contribution is -0.126. The van der Waals surface area contributed by atoms with Gasteiger partial charge in [0.1, 0.15) is 0 Å². The fraction of sp³-hybridized carbons (Fsp3) is 0.300. The number of nitrogens with one attached hydrogen (secondary N) is 1. The van der Waals surface area contributed by atoms with Crippen LogP contribution in [0.15, 0.2) is 18.2 Å². The molecule has 1 amide bonds. The van der Waals surface area contributed by atoms with E-state index in [9.17, 15) is 18.0 Å². The minimum atomic E-state index is -3.13. The topological polar surface area (TPSA) is 38.3 Å². The highest BCUT2D eigenvalue weighted by Gasteiger charge is 2.15. The van der Waals surface area contributed by atoms with Crippen molar-refractivity contribution < 1.29 is 22.7 Å². The Balaban J connectivity index is 2.77. The van der Waals surface area contributed by atoms with E-state index >= 15 is 0 Å². The Morgan fingerprint density at radius 3 is 2.69 bits per heavy atom. The van der Waals surface area contributed by atoms with Crippen LogP contribution in [0.2, 0.25) is 0 Å². The van der Waals surface area contributed by atoms with Gasteiger partial charge in [-0.15, -0.1) is 0 Å². The van der Waals surface area contributed by atoms with Crippen LogP contribution in [0.4, 0.5) is 18.9 Å². The maximum Gasteiger partial charge on any atom is 0.315 e. The number of halogens is 3. The molecule has 0 bridgehead atoms. The summed E-state index contributed by atoms with van der Waals surface area (Å²) < 4.78 is 41.9. The number of ether oxygens (including phenoxy) is 1. The number of carbonyl (C=O) groups is 1. The van der Waals surface area contributed by atoms with Gasteiger partial charge in [-0.2, -0.15) is 8.78 Å². The van der Waals surface area contributed by atoms with Gasteiger partial charge in [-0.25, -0.2) is 4.39 Å². The van der Waals surface area contributed by atoms with Crippen LogP contribution in [0.3, 0.4) is 0 Å². The first-order chi connectivity index (χ1) is 7.54. The van der Waals surface area contributed by atoms with Crippen molar-refractivity contribution in [2.24, 2.45) is 0 Å². The first-order valence-electron chi connectivity index (χ1n) is 4.56. The smallest absolute Gasteiger partial charge is 0.315 e. The summed E-state index contributed by atoms with van der Waals surface area (Å²) in [6, 6.07) is 3.47. The Kier molecular flexibility index (Phi) is 4.16. The molecule has 0 aliphatic rings. The van der Waals surface area contributed by atoms with E-state index in [4.69, 9.17) is 4.74 Å². The molecule has 0 saturated carbocycles. The van der Waals surface area contributed by atoms with Gasteiger partial charge >= 0.3 is 6.43 Å². The number of rotatable bonds is 4. The van der Waals surface area contributed by atoms with Gasteiger partial charge in [0.15, 0.2) is 11.6 Å². The molecule has 0 unspecified atom stereocenters. The summed E-state index contributed by atoms with van der Waals surface area (Å²) in [7, 11) is 0. The van der Waals surface area contributed by atoms with Gasteiger partial charge in [-0.05, 0) is 19.1 Å². The van der Waals surface area contributed by atoms with Crippen molar-refractivity contribution in [1.82, 2.24) is 0 Å². The van der Waals surface area contributed by atoms with E-state index < -0.39 is 18.1 Å². The molecule has 0 aliphatic carbocycles. The Labute approximate surface area is 90.2 Å². The fourth-order valence-electron chi connectivity index (χ4n) is 1.05. The van der Waals surface area contributed by atoms with Crippen LogP contribution in [0.1, 0.15) is 6.92 Å². The van der Waals surface area contributed by atoms with E-state index in [-0.39, 0.29) is 11.4 Å². The van der Waals surface area contributed by atoms with Crippen LogP contribution in [0.25, 0.3) is 0 Å². The molecule has 0 heterocycles. The normalized spacial score (nSPS) is 10.3. The molecule has 0 atom stereocenters. The predicted octanol–water partition coefficient (Wildman–Crippen LogP) is 2.43. The summed E-state index contributed by atoms with van der Waals surface area (Å²) in [6.07, 6.45) is -3.13. The maximum absolute atomic E-state index is 13.2. The zero-order valence-corrected chi connectivity index (χ0v) is 8.47.